The molecule has 7 N–H and O–H groups in total. The summed E-state index contributed by atoms with van der Waals surface area (Å²) in [6.45, 7) is 0.511. The summed E-state index contributed by atoms with van der Waals surface area (Å²) in [5.41, 5.74) is 15.1. The highest BCUT2D eigenvalue weighted by molar-refractivity contribution is 7.99. The number of thioether (sulfide) groups is 1. The van der Waals surface area contributed by atoms with E-state index in [4.69, 9.17) is 16.2 Å². The van der Waals surface area contributed by atoms with Crippen molar-refractivity contribution in [3.8, 4) is 11.1 Å². The van der Waals surface area contributed by atoms with Crippen molar-refractivity contribution < 1.29 is 19.3 Å². The highest BCUT2D eigenvalue weighted by Crippen LogP contribution is 2.33. The number of halogens is 1. The molecule has 4 aromatic rings. The number of rotatable bonds is 9. The molecule has 0 bridgehead atoms. The molecule has 1 aliphatic rings. The molecule has 11 nitrogen and oxygen atoms in total. The smallest absolute Gasteiger partial charge is 0.193 e. The average molecular weight is 553 g/mol. The molecule has 0 spiro atoms. The number of hydrogen-bond acceptors (Lipinski definition) is 9. The second-order valence-electron chi connectivity index (χ2n) is 9.04. The lowest BCUT2D eigenvalue weighted by Gasteiger charge is -2.16. The number of aromatic nitrogens is 4. The van der Waals surface area contributed by atoms with Crippen molar-refractivity contribution in [1.29, 1.82) is 0 Å². The number of aliphatic hydroxyl groups excluding tert-OH is 2. The number of nitrogens with one attached hydrogen (secondary N) is 1. The summed E-state index contributed by atoms with van der Waals surface area (Å²) in [5, 5.41) is 24.2. The SMILES string of the molecule is NC(=NCCCSC[C@H]1O[C@@H](n2cnc3c(N)ncnc32)[C@H](O)[C@@H]1O)Nc1cccc(-c2cccc(F)c2)c1. The fourth-order valence-electron chi connectivity index (χ4n) is 4.35. The third-order valence-electron chi connectivity index (χ3n) is 6.30. The molecule has 3 heterocycles. The number of hydrogen-bond donors (Lipinski definition) is 5. The summed E-state index contributed by atoms with van der Waals surface area (Å²) in [7, 11) is 0. The van der Waals surface area contributed by atoms with E-state index in [-0.39, 0.29) is 17.6 Å². The Labute approximate surface area is 228 Å². The lowest BCUT2D eigenvalue weighted by Crippen LogP contribution is -2.32. The van der Waals surface area contributed by atoms with Gasteiger partial charge in [-0.3, -0.25) is 9.56 Å². The first-order valence-corrected chi connectivity index (χ1v) is 13.5. The van der Waals surface area contributed by atoms with Gasteiger partial charge in [-0.1, -0.05) is 24.3 Å². The molecule has 2 aromatic heterocycles. The molecule has 0 radical (unpaired) electrons. The molecule has 0 aliphatic carbocycles. The minimum absolute atomic E-state index is 0.231. The van der Waals surface area contributed by atoms with Crippen LogP contribution in [0.1, 0.15) is 12.6 Å². The van der Waals surface area contributed by atoms with Crippen LogP contribution in [0.25, 0.3) is 22.3 Å². The summed E-state index contributed by atoms with van der Waals surface area (Å²) in [5.74, 6) is 1.48. The van der Waals surface area contributed by atoms with Gasteiger partial charge in [0.25, 0.3) is 0 Å². The van der Waals surface area contributed by atoms with Gasteiger partial charge in [-0.25, -0.2) is 19.3 Å². The predicted octanol–water partition coefficient (Wildman–Crippen LogP) is 2.38. The van der Waals surface area contributed by atoms with Crippen molar-refractivity contribution in [2.45, 2.75) is 31.0 Å². The zero-order valence-electron chi connectivity index (χ0n) is 20.9. The van der Waals surface area contributed by atoms with Crippen LogP contribution in [-0.4, -0.2) is 72.1 Å². The fraction of sp³-hybridized carbons (Fsp3) is 0.308. The standard InChI is InChI=1S/C26H29FN8O3S/c27-17-6-1-4-15(10-17)16-5-2-7-18(11-16)34-26(29)30-8-3-9-39-12-19-21(36)22(37)25(38-19)35-14-33-20-23(28)31-13-32-24(20)35/h1-2,4-7,10-11,13-14,19,21-22,25,36-37H,3,8-9,12H2,(H2,28,31,32)(H3,29,30,34)/t19-,21-,22-,25-/m1/s1. The van der Waals surface area contributed by atoms with Gasteiger partial charge in [0, 0.05) is 18.0 Å². The second-order valence-corrected chi connectivity index (χ2v) is 10.2. The number of anilines is 2. The van der Waals surface area contributed by atoms with E-state index in [0.717, 1.165) is 29.0 Å². The molecular weight excluding hydrogens is 523 g/mol. The molecule has 4 atom stereocenters. The van der Waals surface area contributed by atoms with Crippen molar-refractivity contribution in [3.63, 3.8) is 0 Å². The molecule has 13 heteroatoms. The maximum absolute atomic E-state index is 13.6. The number of nitrogens with zero attached hydrogens (tertiary/aromatic N) is 5. The molecule has 0 unspecified atom stereocenters. The predicted molar refractivity (Wildman–Crippen MR) is 150 cm³/mol. The van der Waals surface area contributed by atoms with Gasteiger partial charge >= 0.3 is 0 Å². The topological polar surface area (TPSA) is 170 Å². The molecule has 1 fully saturated rings. The minimum atomic E-state index is -1.14. The first kappa shape index (κ1) is 26.8. The van der Waals surface area contributed by atoms with Crippen molar-refractivity contribution in [2.75, 3.05) is 29.1 Å². The first-order valence-electron chi connectivity index (χ1n) is 12.4. The Morgan fingerprint density at radius 1 is 1.10 bits per heavy atom. The number of benzene rings is 2. The number of guanidine groups is 1. The second kappa shape index (κ2) is 11.9. The number of nitrogen functional groups attached to an aromatic ring is 1. The van der Waals surface area contributed by atoms with E-state index in [0.29, 0.717) is 23.5 Å². The van der Waals surface area contributed by atoms with Crippen LogP contribution >= 0.6 is 11.8 Å². The molecule has 5 rings (SSSR count). The lowest BCUT2D eigenvalue weighted by atomic mass is 10.1. The Kier molecular flexibility index (Phi) is 8.21. The Morgan fingerprint density at radius 3 is 2.72 bits per heavy atom. The first-order chi connectivity index (χ1) is 18.9. The van der Waals surface area contributed by atoms with Crippen LogP contribution in [0.4, 0.5) is 15.9 Å². The quantitative estimate of drug-likeness (QED) is 0.118. The van der Waals surface area contributed by atoms with Crippen molar-refractivity contribution >= 4 is 40.4 Å². The van der Waals surface area contributed by atoms with Crippen LogP contribution in [0.15, 0.2) is 66.2 Å². The zero-order valence-corrected chi connectivity index (χ0v) is 21.7. The number of nitrogens with two attached hydrogens (primary N) is 2. The van der Waals surface area contributed by atoms with E-state index >= 15 is 0 Å². The molecule has 204 valence electrons. The van der Waals surface area contributed by atoms with Crippen LogP contribution < -0.4 is 16.8 Å². The summed E-state index contributed by atoms with van der Waals surface area (Å²) in [6, 6.07) is 13.9. The van der Waals surface area contributed by atoms with Gasteiger partial charge in [-0.15, -0.1) is 0 Å². The Bertz CT molecular complexity index is 1470. The average Bonchev–Trinajstić information content (AvgIpc) is 3.48. The third-order valence-corrected chi connectivity index (χ3v) is 7.44. The molecule has 39 heavy (non-hydrogen) atoms. The zero-order chi connectivity index (χ0) is 27.4. The normalized spacial score (nSPS) is 21.5. The number of ether oxygens (including phenoxy) is 1. The highest BCUT2D eigenvalue weighted by Gasteiger charge is 2.44. The Balaban J connectivity index is 1.07. The van der Waals surface area contributed by atoms with Crippen molar-refractivity contribution in [2.24, 2.45) is 10.7 Å². The number of imidazole rings is 1. The molecule has 2 aromatic carbocycles. The maximum Gasteiger partial charge on any atom is 0.193 e. The maximum atomic E-state index is 13.6. The van der Waals surface area contributed by atoms with Gasteiger partial charge in [0.15, 0.2) is 23.7 Å². The van der Waals surface area contributed by atoms with E-state index in [1.165, 1.54) is 24.8 Å². The van der Waals surface area contributed by atoms with Gasteiger partial charge in [0.1, 0.15) is 29.9 Å². The van der Waals surface area contributed by atoms with Crippen LogP contribution in [0.5, 0.6) is 0 Å². The van der Waals surface area contributed by atoms with Gasteiger partial charge in [-0.2, -0.15) is 11.8 Å². The van der Waals surface area contributed by atoms with E-state index in [2.05, 4.69) is 25.3 Å². The van der Waals surface area contributed by atoms with E-state index in [9.17, 15) is 14.6 Å². The molecule has 0 amide bonds. The van der Waals surface area contributed by atoms with Gasteiger partial charge in [-0.05, 0) is 47.6 Å². The minimum Gasteiger partial charge on any atom is -0.387 e. The van der Waals surface area contributed by atoms with Crippen LogP contribution in [0, 0.1) is 5.82 Å². The summed E-state index contributed by atoms with van der Waals surface area (Å²) in [4.78, 5) is 16.7. The van der Waals surface area contributed by atoms with Crippen LogP contribution in [-0.2, 0) is 4.74 Å². The fourth-order valence-corrected chi connectivity index (χ4v) is 5.36. The van der Waals surface area contributed by atoms with Crippen molar-refractivity contribution in [1.82, 2.24) is 19.5 Å². The Morgan fingerprint density at radius 2 is 1.90 bits per heavy atom. The van der Waals surface area contributed by atoms with E-state index < -0.39 is 24.5 Å². The molecule has 0 saturated carbocycles. The Hall–Kier alpha value is -3.78. The summed E-state index contributed by atoms with van der Waals surface area (Å²) in [6.07, 6.45) is -0.0465. The summed E-state index contributed by atoms with van der Waals surface area (Å²) >= 11 is 1.59. The molecule has 1 aliphatic heterocycles. The number of aliphatic hydroxyl groups is 2. The number of fused-ring (bicyclic) bond motifs is 1. The third kappa shape index (κ3) is 6.11. The molecular formula is C26H29FN8O3S. The van der Waals surface area contributed by atoms with E-state index in [1.807, 2.05) is 30.3 Å². The van der Waals surface area contributed by atoms with Crippen molar-refractivity contribution in [3.05, 3.63) is 67.0 Å². The monoisotopic (exact) mass is 552 g/mol. The van der Waals surface area contributed by atoms with Gasteiger partial charge in [0.05, 0.1) is 12.4 Å². The van der Waals surface area contributed by atoms with E-state index in [1.54, 1.807) is 22.4 Å². The summed E-state index contributed by atoms with van der Waals surface area (Å²) < 4.78 is 21.1. The number of aliphatic imine (C=N–C) groups is 1. The van der Waals surface area contributed by atoms with Crippen LogP contribution in [0.3, 0.4) is 0 Å². The van der Waals surface area contributed by atoms with Gasteiger partial charge < -0.3 is 31.7 Å². The largest absolute Gasteiger partial charge is 0.387 e. The van der Waals surface area contributed by atoms with Crippen LogP contribution in [0.2, 0.25) is 0 Å². The highest BCUT2D eigenvalue weighted by atomic mass is 32.2. The van der Waals surface area contributed by atoms with Gasteiger partial charge in [0.2, 0.25) is 0 Å². The lowest BCUT2D eigenvalue weighted by molar-refractivity contribution is -0.0289. The molecule has 1 saturated heterocycles.